The lowest BCUT2D eigenvalue weighted by Crippen LogP contribution is -2.20. The first-order chi connectivity index (χ1) is 14.4. The molecule has 1 aromatic carbocycles. The number of ether oxygens (including phenoxy) is 1. The van der Waals surface area contributed by atoms with Gasteiger partial charge in [-0.3, -0.25) is 9.78 Å². The van der Waals surface area contributed by atoms with Gasteiger partial charge in [-0.05, 0) is 43.0 Å². The van der Waals surface area contributed by atoms with Crippen LogP contribution in [0, 0.1) is 0 Å². The molecule has 0 atom stereocenters. The number of thiazole rings is 1. The fraction of sp³-hybridized carbons (Fsp3) is 0.150. The Morgan fingerprint density at radius 2 is 2.00 bits per heavy atom. The van der Waals surface area contributed by atoms with E-state index in [1.165, 1.54) is 49.8 Å². The summed E-state index contributed by atoms with van der Waals surface area (Å²) in [6, 6.07) is 8.39. The van der Waals surface area contributed by atoms with Crippen molar-refractivity contribution >= 4 is 33.3 Å². The molecular formula is C20H20N4O4S2. The van der Waals surface area contributed by atoms with Crippen LogP contribution in [0.2, 0.25) is 0 Å². The third-order valence-electron chi connectivity index (χ3n) is 4.11. The molecule has 156 valence electrons. The number of nitrogens with zero attached hydrogens (tertiary/aromatic N) is 2. The van der Waals surface area contributed by atoms with Crippen LogP contribution in [0.3, 0.4) is 0 Å². The number of benzene rings is 1. The van der Waals surface area contributed by atoms with Gasteiger partial charge in [-0.15, -0.1) is 11.3 Å². The molecule has 3 aromatic rings. The van der Waals surface area contributed by atoms with Crippen molar-refractivity contribution in [2.45, 2.75) is 11.4 Å². The standard InChI is InChI=1S/C20H20N4O4S2/c1-21-30(26,27)18-11-14(3-5-17(18)28-2)4-6-19(25)23-12-20-24-16(13-29-20)15-7-9-22-10-8-15/h3-11,13,21H,12H2,1-2H3,(H,23,25)/b6-4+. The van der Waals surface area contributed by atoms with Gasteiger partial charge in [0.1, 0.15) is 15.7 Å². The van der Waals surface area contributed by atoms with E-state index in [1.807, 2.05) is 17.5 Å². The van der Waals surface area contributed by atoms with Gasteiger partial charge in [0.2, 0.25) is 15.9 Å². The number of hydrogen-bond acceptors (Lipinski definition) is 7. The van der Waals surface area contributed by atoms with Gasteiger partial charge in [0.25, 0.3) is 0 Å². The highest BCUT2D eigenvalue weighted by molar-refractivity contribution is 7.89. The van der Waals surface area contributed by atoms with E-state index >= 15 is 0 Å². The zero-order valence-electron chi connectivity index (χ0n) is 16.3. The van der Waals surface area contributed by atoms with Crippen molar-refractivity contribution in [3.05, 3.63) is 64.8 Å². The lowest BCUT2D eigenvalue weighted by Gasteiger charge is -2.09. The van der Waals surface area contributed by atoms with Crippen LogP contribution in [0.1, 0.15) is 10.6 Å². The number of hydrogen-bond donors (Lipinski definition) is 2. The molecule has 0 spiro atoms. The molecule has 1 amide bonds. The normalized spacial score (nSPS) is 11.5. The number of methoxy groups -OCH3 is 1. The fourth-order valence-electron chi connectivity index (χ4n) is 2.56. The van der Waals surface area contributed by atoms with Crippen molar-refractivity contribution < 1.29 is 17.9 Å². The van der Waals surface area contributed by atoms with E-state index in [0.717, 1.165) is 16.3 Å². The predicted octanol–water partition coefficient (Wildman–Crippen LogP) is 2.45. The van der Waals surface area contributed by atoms with Crippen molar-refractivity contribution in [1.29, 1.82) is 0 Å². The van der Waals surface area contributed by atoms with Crippen molar-refractivity contribution in [3.8, 4) is 17.0 Å². The number of nitrogens with one attached hydrogen (secondary N) is 2. The Kier molecular flexibility index (Phi) is 6.93. The molecule has 2 N–H and O–H groups in total. The van der Waals surface area contributed by atoms with E-state index in [4.69, 9.17) is 4.74 Å². The first-order valence-corrected chi connectivity index (χ1v) is 11.2. The van der Waals surface area contributed by atoms with Crippen LogP contribution in [0.4, 0.5) is 0 Å². The minimum Gasteiger partial charge on any atom is -0.495 e. The molecule has 30 heavy (non-hydrogen) atoms. The van der Waals surface area contributed by atoms with E-state index < -0.39 is 10.0 Å². The van der Waals surface area contributed by atoms with Crippen molar-refractivity contribution in [2.24, 2.45) is 0 Å². The first-order valence-electron chi connectivity index (χ1n) is 8.85. The Balaban J connectivity index is 1.64. The zero-order valence-corrected chi connectivity index (χ0v) is 18.0. The highest BCUT2D eigenvalue weighted by Crippen LogP contribution is 2.25. The average molecular weight is 445 g/mol. The molecule has 2 heterocycles. The molecule has 3 rings (SSSR count). The summed E-state index contributed by atoms with van der Waals surface area (Å²) in [5, 5.41) is 5.46. The smallest absolute Gasteiger partial charge is 0.244 e. The van der Waals surface area contributed by atoms with Crippen LogP contribution < -0.4 is 14.8 Å². The molecule has 0 unspecified atom stereocenters. The Bertz CT molecular complexity index is 1160. The van der Waals surface area contributed by atoms with Crippen LogP contribution in [-0.4, -0.2) is 38.5 Å². The summed E-state index contributed by atoms with van der Waals surface area (Å²) in [4.78, 5) is 20.6. The molecule has 0 saturated heterocycles. The largest absolute Gasteiger partial charge is 0.495 e. The van der Waals surface area contributed by atoms with Gasteiger partial charge in [0, 0.05) is 29.4 Å². The molecule has 0 fully saturated rings. The second kappa shape index (κ2) is 9.61. The number of sulfonamides is 1. The predicted molar refractivity (Wildman–Crippen MR) is 115 cm³/mol. The number of rotatable bonds is 8. The average Bonchev–Trinajstić information content (AvgIpc) is 3.26. The van der Waals surface area contributed by atoms with Crippen molar-refractivity contribution in [1.82, 2.24) is 20.0 Å². The van der Waals surface area contributed by atoms with E-state index in [0.29, 0.717) is 12.1 Å². The Morgan fingerprint density at radius 3 is 2.70 bits per heavy atom. The van der Waals surface area contributed by atoms with Crippen LogP contribution in [0.25, 0.3) is 17.3 Å². The monoisotopic (exact) mass is 444 g/mol. The number of amides is 1. The van der Waals surface area contributed by atoms with Crippen molar-refractivity contribution in [3.63, 3.8) is 0 Å². The Morgan fingerprint density at radius 1 is 1.23 bits per heavy atom. The molecule has 10 heteroatoms. The second-order valence-electron chi connectivity index (χ2n) is 6.03. The quantitative estimate of drug-likeness (QED) is 0.517. The highest BCUT2D eigenvalue weighted by Gasteiger charge is 2.17. The van der Waals surface area contributed by atoms with Crippen LogP contribution in [0.15, 0.2) is 59.1 Å². The van der Waals surface area contributed by atoms with E-state index in [9.17, 15) is 13.2 Å². The summed E-state index contributed by atoms with van der Waals surface area (Å²) in [5.74, 6) is -0.0933. The van der Waals surface area contributed by atoms with Gasteiger partial charge < -0.3 is 10.1 Å². The molecule has 0 aliphatic heterocycles. The van der Waals surface area contributed by atoms with E-state index in [1.54, 1.807) is 18.5 Å². The van der Waals surface area contributed by atoms with E-state index in [-0.39, 0.29) is 16.6 Å². The maximum absolute atomic E-state index is 12.1. The van der Waals surface area contributed by atoms with Gasteiger partial charge in [0.05, 0.1) is 19.3 Å². The van der Waals surface area contributed by atoms with Crippen LogP contribution in [-0.2, 0) is 21.4 Å². The van der Waals surface area contributed by atoms with Gasteiger partial charge >= 0.3 is 0 Å². The molecular weight excluding hydrogens is 424 g/mol. The van der Waals surface area contributed by atoms with Gasteiger partial charge in [-0.2, -0.15) is 0 Å². The molecule has 8 nitrogen and oxygen atoms in total. The zero-order chi connectivity index (χ0) is 21.6. The Hall–Kier alpha value is -3.08. The van der Waals surface area contributed by atoms with E-state index in [2.05, 4.69) is 20.0 Å². The summed E-state index contributed by atoms with van der Waals surface area (Å²) >= 11 is 1.45. The third kappa shape index (κ3) is 5.29. The Labute approximate surface area is 178 Å². The molecule has 2 aromatic heterocycles. The first kappa shape index (κ1) is 21.6. The maximum Gasteiger partial charge on any atom is 0.244 e. The molecule has 0 radical (unpaired) electrons. The lowest BCUT2D eigenvalue weighted by molar-refractivity contribution is -0.116. The number of carbonyl (C=O) groups excluding carboxylic acids is 1. The number of carbonyl (C=O) groups is 1. The van der Waals surface area contributed by atoms with Gasteiger partial charge in [-0.25, -0.2) is 18.1 Å². The summed E-state index contributed by atoms with van der Waals surface area (Å²) in [5.41, 5.74) is 2.35. The minimum atomic E-state index is -3.69. The summed E-state index contributed by atoms with van der Waals surface area (Å²) in [6.07, 6.45) is 6.28. The molecule has 0 bridgehead atoms. The minimum absolute atomic E-state index is 0.00138. The summed E-state index contributed by atoms with van der Waals surface area (Å²) in [7, 11) is -0.972. The SMILES string of the molecule is CNS(=O)(=O)c1cc(/C=C/C(=O)NCc2nc(-c3ccncc3)cs2)ccc1OC. The molecule has 0 aliphatic rings. The van der Waals surface area contributed by atoms with Gasteiger partial charge in [0.15, 0.2) is 0 Å². The van der Waals surface area contributed by atoms with Crippen molar-refractivity contribution in [2.75, 3.05) is 14.2 Å². The van der Waals surface area contributed by atoms with Crippen LogP contribution >= 0.6 is 11.3 Å². The molecule has 0 saturated carbocycles. The summed E-state index contributed by atoms with van der Waals surface area (Å²) < 4.78 is 31.6. The third-order valence-corrected chi connectivity index (χ3v) is 6.40. The lowest BCUT2D eigenvalue weighted by atomic mass is 10.2. The second-order valence-corrected chi connectivity index (χ2v) is 8.83. The topological polar surface area (TPSA) is 110 Å². The maximum atomic E-state index is 12.1. The highest BCUT2D eigenvalue weighted by atomic mass is 32.2. The van der Waals surface area contributed by atoms with Crippen LogP contribution in [0.5, 0.6) is 5.75 Å². The number of aromatic nitrogens is 2. The summed E-state index contributed by atoms with van der Waals surface area (Å²) in [6.45, 7) is 0.293. The van der Waals surface area contributed by atoms with Gasteiger partial charge in [-0.1, -0.05) is 6.07 Å². The fourth-order valence-corrected chi connectivity index (χ4v) is 4.23. The number of pyridine rings is 1. The molecule has 0 aliphatic carbocycles.